The number of nitrogens with two attached hydrogens (primary N) is 1. The summed E-state index contributed by atoms with van der Waals surface area (Å²) in [4.78, 5) is 17.8. The molecule has 0 fully saturated rings. The molecule has 5 heteroatoms. The third kappa shape index (κ3) is 3.20. The molecule has 1 aromatic heterocycles. The number of thiazole rings is 1. The van der Waals surface area contributed by atoms with E-state index >= 15 is 0 Å². The third-order valence-corrected chi connectivity index (χ3v) is 3.59. The highest BCUT2D eigenvalue weighted by atomic mass is 32.1. The number of carbonyl (C=O) groups excluding carboxylic acids is 1. The Hall–Kier alpha value is -1.10. The molecule has 4 nitrogen and oxygen atoms in total. The third-order valence-electron chi connectivity index (χ3n) is 2.87. The second-order valence-electron chi connectivity index (χ2n) is 4.34. The van der Waals surface area contributed by atoms with Crippen LogP contribution in [0.2, 0.25) is 0 Å². The zero-order valence-electron chi connectivity index (χ0n) is 10.2. The monoisotopic (exact) mass is 241 g/mol. The number of carbonyl (C=O) groups is 1. The van der Waals surface area contributed by atoms with Crippen LogP contribution in [0, 0.1) is 5.92 Å². The largest absolute Gasteiger partial charge is 0.375 e. The number of hydrogen-bond acceptors (Lipinski definition) is 4. The van der Waals surface area contributed by atoms with E-state index in [4.69, 9.17) is 5.73 Å². The first-order valence-corrected chi connectivity index (χ1v) is 6.25. The Morgan fingerprint density at radius 1 is 1.56 bits per heavy atom. The standard InChI is InChI=1S/C11H19N3OS/c1-7(2)8(3)14(4)10(15)5-9-6-16-11(12)13-9/h6-8H,5H2,1-4H3,(H2,12,13). The summed E-state index contributed by atoms with van der Waals surface area (Å²) in [6.07, 6.45) is 0.335. The molecule has 1 rings (SSSR count). The molecule has 0 spiro atoms. The van der Waals surface area contributed by atoms with Gasteiger partial charge in [0.05, 0.1) is 12.1 Å². The van der Waals surface area contributed by atoms with E-state index in [1.54, 1.807) is 4.90 Å². The van der Waals surface area contributed by atoms with E-state index in [0.717, 1.165) is 5.69 Å². The highest BCUT2D eigenvalue weighted by Crippen LogP contribution is 2.14. The van der Waals surface area contributed by atoms with Gasteiger partial charge in [-0.2, -0.15) is 0 Å². The van der Waals surface area contributed by atoms with Crippen LogP contribution < -0.4 is 5.73 Å². The lowest BCUT2D eigenvalue weighted by Crippen LogP contribution is -2.39. The van der Waals surface area contributed by atoms with E-state index in [-0.39, 0.29) is 11.9 Å². The number of rotatable bonds is 4. The Bertz CT molecular complexity index is 362. The summed E-state index contributed by atoms with van der Waals surface area (Å²) in [6, 6.07) is 0.239. The Morgan fingerprint density at radius 2 is 2.19 bits per heavy atom. The van der Waals surface area contributed by atoms with Crippen molar-refractivity contribution >= 4 is 22.4 Å². The Balaban J connectivity index is 2.58. The fourth-order valence-electron chi connectivity index (χ4n) is 1.36. The van der Waals surface area contributed by atoms with Crippen LogP contribution in [-0.4, -0.2) is 28.9 Å². The molecule has 0 bridgehead atoms. The quantitative estimate of drug-likeness (QED) is 0.874. The van der Waals surface area contributed by atoms with Crippen molar-refractivity contribution in [1.82, 2.24) is 9.88 Å². The summed E-state index contributed by atoms with van der Waals surface area (Å²) >= 11 is 1.37. The molecule has 1 aromatic rings. The lowest BCUT2D eigenvalue weighted by Gasteiger charge is -2.27. The van der Waals surface area contributed by atoms with E-state index in [0.29, 0.717) is 17.5 Å². The van der Waals surface area contributed by atoms with Crippen molar-refractivity contribution in [2.24, 2.45) is 5.92 Å². The summed E-state index contributed by atoms with van der Waals surface area (Å²) in [6.45, 7) is 6.27. The van der Waals surface area contributed by atoms with Crippen LogP contribution in [0.15, 0.2) is 5.38 Å². The molecule has 0 radical (unpaired) electrons. The minimum absolute atomic E-state index is 0.0894. The van der Waals surface area contributed by atoms with Gasteiger partial charge in [0.1, 0.15) is 0 Å². The van der Waals surface area contributed by atoms with Crippen LogP contribution >= 0.6 is 11.3 Å². The minimum atomic E-state index is 0.0894. The molecule has 1 atom stereocenters. The van der Waals surface area contributed by atoms with E-state index in [1.165, 1.54) is 11.3 Å². The molecule has 0 aromatic carbocycles. The van der Waals surface area contributed by atoms with Gasteiger partial charge in [-0.3, -0.25) is 4.79 Å². The van der Waals surface area contributed by atoms with Crippen molar-refractivity contribution in [2.75, 3.05) is 12.8 Å². The molecule has 0 aliphatic heterocycles. The summed E-state index contributed by atoms with van der Waals surface area (Å²) in [5.41, 5.74) is 6.28. The number of amides is 1. The van der Waals surface area contributed by atoms with Crippen LogP contribution in [0.25, 0.3) is 0 Å². The average Bonchev–Trinajstić information content (AvgIpc) is 2.61. The van der Waals surface area contributed by atoms with Crippen molar-refractivity contribution in [3.05, 3.63) is 11.1 Å². The fraction of sp³-hybridized carbons (Fsp3) is 0.636. The van der Waals surface area contributed by atoms with Gasteiger partial charge in [0, 0.05) is 18.5 Å². The molecular formula is C11H19N3OS. The number of nitrogen functional groups attached to an aromatic ring is 1. The topological polar surface area (TPSA) is 59.2 Å². The summed E-state index contributed by atoms with van der Waals surface area (Å²) < 4.78 is 0. The molecule has 1 heterocycles. The highest BCUT2D eigenvalue weighted by molar-refractivity contribution is 7.13. The fourth-order valence-corrected chi connectivity index (χ4v) is 1.92. The predicted octanol–water partition coefficient (Wildman–Crippen LogP) is 1.77. The maximum atomic E-state index is 11.9. The first-order valence-electron chi connectivity index (χ1n) is 5.37. The normalized spacial score (nSPS) is 12.8. The maximum absolute atomic E-state index is 11.9. The number of aromatic nitrogens is 1. The van der Waals surface area contributed by atoms with Gasteiger partial charge in [0.25, 0.3) is 0 Å². The first kappa shape index (κ1) is 13.0. The van der Waals surface area contributed by atoms with Gasteiger partial charge >= 0.3 is 0 Å². The van der Waals surface area contributed by atoms with Gasteiger partial charge in [-0.05, 0) is 12.8 Å². The van der Waals surface area contributed by atoms with Crippen molar-refractivity contribution < 1.29 is 4.79 Å². The SMILES string of the molecule is CC(C)C(C)N(C)C(=O)Cc1csc(N)n1. The molecular weight excluding hydrogens is 222 g/mol. The molecule has 0 aliphatic rings. The van der Waals surface area contributed by atoms with Crippen LogP contribution in [0.3, 0.4) is 0 Å². The van der Waals surface area contributed by atoms with E-state index in [1.807, 2.05) is 12.4 Å². The summed E-state index contributed by atoms with van der Waals surface area (Å²) in [7, 11) is 1.84. The number of likely N-dealkylation sites (N-methyl/N-ethyl adjacent to an activating group) is 1. The molecule has 16 heavy (non-hydrogen) atoms. The Morgan fingerprint density at radius 3 is 2.62 bits per heavy atom. The van der Waals surface area contributed by atoms with Crippen LogP contribution in [0.4, 0.5) is 5.13 Å². The van der Waals surface area contributed by atoms with Crippen molar-refractivity contribution in [2.45, 2.75) is 33.2 Å². The summed E-state index contributed by atoms with van der Waals surface area (Å²) in [5, 5.41) is 2.35. The van der Waals surface area contributed by atoms with Crippen molar-refractivity contribution in [1.29, 1.82) is 0 Å². The second-order valence-corrected chi connectivity index (χ2v) is 5.23. The Kier molecular flexibility index (Phi) is 4.29. The van der Waals surface area contributed by atoms with Crippen LogP contribution in [0.1, 0.15) is 26.5 Å². The maximum Gasteiger partial charge on any atom is 0.228 e. The van der Waals surface area contributed by atoms with E-state index in [9.17, 15) is 4.79 Å². The second kappa shape index (κ2) is 5.30. The highest BCUT2D eigenvalue weighted by Gasteiger charge is 2.19. The smallest absolute Gasteiger partial charge is 0.228 e. The molecule has 0 aliphatic carbocycles. The zero-order chi connectivity index (χ0) is 12.3. The molecule has 0 saturated carbocycles. The molecule has 1 amide bonds. The molecule has 1 unspecified atom stereocenters. The molecule has 90 valence electrons. The molecule has 0 saturated heterocycles. The average molecular weight is 241 g/mol. The first-order chi connectivity index (χ1) is 7.41. The Labute approximate surface area is 100 Å². The number of nitrogens with zero attached hydrogens (tertiary/aromatic N) is 2. The van der Waals surface area contributed by atoms with Gasteiger partial charge in [0.2, 0.25) is 5.91 Å². The van der Waals surface area contributed by atoms with Gasteiger partial charge in [0.15, 0.2) is 5.13 Å². The van der Waals surface area contributed by atoms with Gasteiger partial charge in [-0.15, -0.1) is 11.3 Å². The molecule has 2 N–H and O–H groups in total. The number of anilines is 1. The van der Waals surface area contributed by atoms with Crippen LogP contribution in [0.5, 0.6) is 0 Å². The zero-order valence-corrected chi connectivity index (χ0v) is 11.0. The van der Waals surface area contributed by atoms with E-state index in [2.05, 4.69) is 25.8 Å². The minimum Gasteiger partial charge on any atom is -0.375 e. The lowest BCUT2D eigenvalue weighted by atomic mass is 10.0. The summed E-state index contributed by atoms with van der Waals surface area (Å²) in [5.74, 6) is 0.543. The van der Waals surface area contributed by atoms with Crippen LogP contribution in [-0.2, 0) is 11.2 Å². The number of hydrogen-bond donors (Lipinski definition) is 1. The predicted molar refractivity (Wildman–Crippen MR) is 67.3 cm³/mol. The van der Waals surface area contributed by atoms with Crippen molar-refractivity contribution in [3.63, 3.8) is 0 Å². The van der Waals surface area contributed by atoms with Gasteiger partial charge < -0.3 is 10.6 Å². The van der Waals surface area contributed by atoms with Gasteiger partial charge in [-0.1, -0.05) is 13.8 Å². The van der Waals surface area contributed by atoms with Crippen molar-refractivity contribution in [3.8, 4) is 0 Å². The van der Waals surface area contributed by atoms with E-state index < -0.39 is 0 Å². The van der Waals surface area contributed by atoms with Gasteiger partial charge in [-0.25, -0.2) is 4.98 Å². The lowest BCUT2D eigenvalue weighted by molar-refractivity contribution is -0.131.